The molecule has 1 heterocycles. The molecule has 0 radical (unpaired) electrons. The quantitative estimate of drug-likeness (QED) is 0.277. The van der Waals surface area contributed by atoms with Gasteiger partial charge in [-0.05, 0) is 0 Å². The molecule has 0 atom stereocenters. The van der Waals surface area contributed by atoms with E-state index in [0.29, 0.717) is 0 Å². The van der Waals surface area contributed by atoms with Gasteiger partial charge < -0.3 is 0 Å². The Morgan fingerprint density at radius 2 is 2.22 bits per heavy atom. The molecule has 0 aromatic rings. The average molecular weight is 262 g/mol. The van der Waals surface area contributed by atoms with Crippen molar-refractivity contribution in [1.82, 2.24) is 4.31 Å². The second-order valence-electron chi connectivity index (χ2n) is 1.94. The molecule has 0 N–H and O–H groups in total. The van der Waals surface area contributed by atoms with Crippen LogP contribution in [0.25, 0.3) is 0 Å². The fourth-order valence-electron chi connectivity index (χ4n) is 0.622. The SMILES string of the molecule is CS(=O)(=O)N1CC[I-]C1. The van der Waals surface area contributed by atoms with Crippen LogP contribution in [0.4, 0.5) is 0 Å². The third-order valence-corrected chi connectivity index (χ3v) is 5.42. The molecule has 0 spiro atoms. The van der Waals surface area contributed by atoms with Crippen molar-refractivity contribution in [2.24, 2.45) is 0 Å². The summed E-state index contributed by atoms with van der Waals surface area (Å²) >= 11 is 0.183. The van der Waals surface area contributed by atoms with Gasteiger partial charge in [0.15, 0.2) is 0 Å². The van der Waals surface area contributed by atoms with Crippen molar-refractivity contribution in [1.29, 1.82) is 0 Å². The predicted molar refractivity (Wildman–Crippen MR) is 31.3 cm³/mol. The number of nitrogens with zero attached hydrogens (tertiary/aromatic N) is 1. The molecule has 1 aliphatic rings. The Bertz CT molecular complexity index is 183. The third-order valence-electron chi connectivity index (χ3n) is 1.15. The predicted octanol–water partition coefficient (Wildman–Crippen LogP) is -3.69. The molecule has 0 bridgehead atoms. The molecule has 3 nitrogen and oxygen atoms in total. The van der Waals surface area contributed by atoms with E-state index < -0.39 is 10.0 Å². The maximum atomic E-state index is 10.8. The van der Waals surface area contributed by atoms with Crippen molar-refractivity contribution in [2.45, 2.75) is 0 Å². The number of sulfonamides is 1. The molecule has 0 aliphatic carbocycles. The van der Waals surface area contributed by atoms with Gasteiger partial charge >= 0.3 is 65.7 Å². The van der Waals surface area contributed by atoms with Gasteiger partial charge in [0.05, 0.1) is 0 Å². The average Bonchev–Trinajstić information content (AvgIpc) is 2.08. The molecule has 0 unspecified atom stereocenters. The Morgan fingerprint density at radius 3 is 2.44 bits per heavy atom. The van der Waals surface area contributed by atoms with Crippen LogP contribution in [0.15, 0.2) is 0 Å². The monoisotopic (exact) mass is 262 g/mol. The second kappa shape index (κ2) is 2.71. The van der Waals surface area contributed by atoms with E-state index in [1.54, 1.807) is 4.31 Å². The maximum absolute atomic E-state index is 10.8. The zero-order chi connectivity index (χ0) is 6.91. The first-order chi connectivity index (χ1) is 4.11. The topological polar surface area (TPSA) is 37.4 Å². The fraction of sp³-hybridized carbons (Fsp3) is 1.00. The minimum absolute atomic E-state index is 0.183. The summed E-state index contributed by atoms with van der Waals surface area (Å²) < 4.78 is 25.1. The van der Waals surface area contributed by atoms with Crippen molar-refractivity contribution < 1.29 is 29.6 Å². The van der Waals surface area contributed by atoms with Gasteiger partial charge in [0.1, 0.15) is 0 Å². The van der Waals surface area contributed by atoms with E-state index in [1.165, 1.54) is 6.26 Å². The van der Waals surface area contributed by atoms with E-state index in [0.717, 1.165) is 15.5 Å². The van der Waals surface area contributed by atoms with Crippen LogP contribution in [-0.2, 0) is 10.0 Å². The number of alkyl halides is 2. The molecule has 1 fully saturated rings. The van der Waals surface area contributed by atoms with Gasteiger partial charge in [0.2, 0.25) is 0 Å². The summed E-state index contributed by atoms with van der Waals surface area (Å²) in [5.41, 5.74) is 0. The van der Waals surface area contributed by atoms with Crippen LogP contribution in [0.5, 0.6) is 0 Å². The summed E-state index contributed by atoms with van der Waals surface area (Å²) in [7, 11) is -2.84. The number of halogens is 1. The van der Waals surface area contributed by atoms with Crippen molar-refractivity contribution in [3.8, 4) is 0 Å². The first-order valence-corrected chi connectivity index (χ1v) is 7.49. The van der Waals surface area contributed by atoms with Crippen molar-refractivity contribution in [3.05, 3.63) is 0 Å². The first kappa shape index (κ1) is 7.74. The van der Waals surface area contributed by atoms with Gasteiger partial charge in [0, 0.05) is 0 Å². The van der Waals surface area contributed by atoms with Gasteiger partial charge in [-0.3, -0.25) is 0 Å². The van der Waals surface area contributed by atoms with E-state index in [4.69, 9.17) is 0 Å². The van der Waals surface area contributed by atoms with E-state index in [-0.39, 0.29) is 21.2 Å². The van der Waals surface area contributed by atoms with Gasteiger partial charge in [-0.25, -0.2) is 0 Å². The van der Waals surface area contributed by atoms with Crippen LogP contribution in [0, 0.1) is 0 Å². The molecule has 9 heavy (non-hydrogen) atoms. The molecule has 1 saturated heterocycles. The Balaban J connectivity index is 2.63. The van der Waals surface area contributed by atoms with E-state index in [9.17, 15) is 8.42 Å². The first-order valence-electron chi connectivity index (χ1n) is 2.59. The summed E-state index contributed by atoms with van der Waals surface area (Å²) in [5, 5.41) is 0. The van der Waals surface area contributed by atoms with Crippen LogP contribution >= 0.6 is 0 Å². The van der Waals surface area contributed by atoms with Crippen molar-refractivity contribution in [2.75, 3.05) is 21.8 Å². The Labute approximate surface area is 65.7 Å². The zero-order valence-corrected chi connectivity index (χ0v) is 8.15. The number of hydrogen-bond acceptors (Lipinski definition) is 2. The normalized spacial score (nSPS) is 23.7. The van der Waals surface area contributed by atoms with Crippen LogP contribution in [-0.4, -0.2) is 34.5 Å². The number of rotatable bonds is 1. The Hall–Kier alpha value is 0.640. The van der Waals surface area contributed by atoms with Gasteiger partial charge in [0.25, 0.3) is 0 Å². The third kappa shape index (κ3) is 2.05. The fourth-order valence-corrected chi connectivity index (χ4v) is 5.67. The molecule has 56 valence electrons. The number of hydrogen-bond donors (Lipinski definition) is 0. The van der Waals surface area contributed by atoms with Crippen LogP contribution in [0.3, 0.4) is 0 Å². The zero-order valence-electron chi connectivity index (χ0n) is 5.17. The van der Waals surface area contributed by atoms with Crippen molar-refractivity contribution in [3.63, 3.8) is 0 Å². The standard InChI is InChI=1S/C4H9INO2S/c1-9(7,8)6-3-2-5-4-6/h2-4H2,1H3/q-1. The van der Waals surface area contributed by atoms with E-state index in [2.05, 4.69) is 0 Å². The molecule has 1 aliphatic heterocycles. The molecular weight excluding hydrogens is 253 g/mol. The summed E-state index contributed by atoms with van der Waals surface area (Å²) in [6.07, 6.45) is 1.28. The van der Waals surface area contributed by atoms with Crippen LogP contribution in [0.2, 0.25) is 0 Å². The van der Waals surface area contributed by atoms with Crippen LogP contribution in [0.1, 0.15) is 0 Å². The van der Waals surface area contributed by atoms with E-state index in [1.807, 2.05) is 0 Å². The summed E-state index contributed by atoms with van der Waals surface area (Å²) in [4.78, 5) is 0. The Morgan fingerprint density at radius 1 is 1.56 bits per heavy atom. The molecule has 0 aromatic carbocycles. The molecule has 5 heteroatoms. The van der Waals surface area contributed by atoms with Crippen molar-refractivity contribution >= 4 is 10.0 Å². The summed E-state index contributed by atoms with van der Waals surface area (Å²) in [5.74, 6) is 0. The molecule has 0 amide bonds. The molecule has 0 saturated carbocycles. The van der Waals surface area contributed by atoms with E-state index >= 15 is 0 Å². The van der Waals surface area contributed by atoms with Gasteiger partial charge in [-0.1, -0.05) is 0 Å². The summed E-state index contributed by atoms with van der Waals surface area (Å²) in [6, 6.07) is 0. The van der Waals surface area contributed by atoms with Gasteiger partial charge in [-0.2, -0.15) is 0 Å². The molecule has 0 aromatic heterocycles. The van der Waals surface area contributed by atoms with Crippen LogP contribution < -0.4 is 21.2 Å². The molecular formula is C4H9INO2S-. The minimum atomic E-state index is -2.84. The van der Waals surface area contributed by atoms with Gasteiger partial charge in [-0.15, -0.1) is 0 Å². The summed E-state index contributed by atoms with van der Waals surface area (Å²) in [6.45, 7) is 0.770. The molecule has 1 rings (SSSR count). The Kier molecular flexibility index (Phi) is 2.33. The second-order valence-corrected chi connectivity index (χ2v) is 6.76.